The zero-order valence-corrected chi connectivity index (χ0v) is 15.4. The molecule has 3 aromatic rings. The number of rotatable bonds is 6. The molecule has 0 fully saturated rings. The minimum absolute atomic E-state index is 0.618. The van der Waals surface area contributed by atoms with E-state index in [2.05, 4.69) is 32.9 Å². The van der Waals surface area contributed by atoms with E-state index in [-0.39, 0.29) is 0 Å². The van der Waals surface area contributed by atoms with Crippen molar-refractivity contribution < 1.29 is 0 Å². The standard InChI is InChI=1S/C20H22ClN5/c1-22-20(24-13-18-9-5-6-10-19(18)21)23-11-17-12-25-26(15-17)14-16-7-3-2-4-8-16/h2-10,12,15H,11,13-14H2,1H3,(H2,22,23,24). The smallest absolute Gasteiger partial charge is 0.191 e. The molecule has 5 nitrogen and oxygen atoms in total. The van der Waals surface area contributed by atoms with Crippen LogP contribution in [0.4, 0.5) is 0 Å². The van der Waals surface area contributed by atoms with Crippen molar-refractivity contribution in [2.75, 3.05) is 7.05 Å². The molecule has 0 spiro atoms. The summed E-state index contributed by atoms with van der Waals surface area (Å²) in [6.45, 7) is 2.03. The lowest BCUT2D eigenvalue weighted by atomic mass is 10.2. The van der Waals surface area contributed by atoms with E-state index < -0.39 is 0 Å². The van der Waals surface area contributed by atoms with Crippen LogP contribution >= 0.6 is 11.6 Å². The molecule has 0 bridgehead atoms. The number of aromatic nitrogens is 2. The molecule has 0 aliphatic heterocycles. The van der Waals surface area contributed by atoms with Crippen molar-refractivity contribution in [3.63, 3.8) is 0 Å². The predicted molar refractivity (Wildman–Crippen MR) is 106 cm³/mol. The SMILES string of the molecule is CN=C(NCc1cnn(Cc2ccccc2)c1)NCc1ccccc1Cl. The number of aliphatic imine (C=N–C) groups is 1. The maximum atomic E-state index is 6.18. The quantitative estimate of drug-likeness (QED) is 0.518. The summed E-state index contributed by atoms with van der Waals surface area (Å²) >= 11 is 6.18. The van der Waals surface area contributed by atoms with E-state index in [1.807, 2.05) is 59.5 Å². The average Bonchev–Trinajstić information content (AvgIpc) is 3.11. The summed E-state index contributed by atoms with van der Waals surface area (Å²) in [5.74, 6) is 0.723. The third kappa shape index (κ3) is 5.10. The fraction of sp³-hybridized carbons (Fsp3) is 0.200. The Kier molecular flexibility index (Phi) is 6.28. The molecule has 0 unspecified atom stereocenters. The molecule has 1 heterocycles. The molecule has 2 N–H and O–H groups in total. The van der Waals surface area contributed by atoms with Gasteiger partial charge in [0.05, 0.1) is 12.7 Å². The summed E-state index contributed by atoms with van der Waals surface area (Å²) in [6.07, 6.45) is 3.92. The summed E-state index contributed by atoms with van der Waals surface area (Å²) in [7, 11) is 1.75. The van der Waals surface area contributed by atoms with Gasteiger partial charge in [0.2, 0.25) is 0 Å². The molecule has 3 rings (SSSR count). The zero-order valence-electron chi connectivity index (χ0n) is 14.7. The number of nitrogens with one attached hydrogen (secondary N) is 2. The monoisotopic (exact) mass is 367 g/mol. The lowest BCUT2D eigenvalue weighted by Gasteiger charge is -2.12. The molecule has 0 amide bonds. The van der Waals surface area contributed by atoms with E-state index in [0.29, 0.717) is 13.1 Å². The van der Waals surface area contributed by atoms with Crippen LogP contribution in [0.15, 0.2) is 72.0 Å². The molecular formula is C20H22ClN5. The second-order valence-corrected chi connectivity index (χ2v) is 6.31. The minimum atomic E-state index is 0.618. The van der Waals surface area contributed by atoms with Gasteiger partial charge in [0.25, 0.3) is 0 Å². The van der Waals surface area contributed by atoms with Crippen LogP contribution in [-0.2, 0) is 19.6 Å². The summed E-state index contributed by atoms with van der Waals surface area (Å²) in [4.78, 5) is 4.25. The third-order valence-corrected chi connectivity index (χ3v) is 4.33. The Morgan fingerprint density at radius 2 is 1.73 bits per heavy atom. The number of hydrogen-bond donors (Lipinski definition) is 2. The highest BCUT2D eigenvalue weighted by Crippen LogP contribution is 2.14. The lowest BCUT2D eigenvalue weighted by molar-refractivity contribution is 0.685. The first-order valence-corrected chi connectivity index (χ1v) is 8.85. The summed E-state index contributed by atoms with van der Waals surface area (Å²) in [5, 5.41) is 11.7. The minimum Gasteiger partial charge on any atom is -0.352 e. The first-order valence-electron chi connectivity index (χ1n) is 8.48. The molecule has 0 saturated carbocycles. The van der Waals surface area contributed by atoms with E-state index in [1.165, 1.54) is 5.56 Å². The van der Waals surface area contributed by atoms with Gasteiger partial charge in [-0.05, 0) is 17.2 Å². The highest BCUT2D eigenvalue weighted by molar-refractivity contribution is 6.31. The number of guanidine groups is 1. The molecule has 0 atom stereocenters. The number of halogens is 1. The largest absolute Gasteiger partial charge is 0.352 e. The van der Waals surface area contributed by atoms with Crippen molar-refractivity contribution in [3.8, 4) is 0 Å². The first kappa shape index (κ1) is 18.0. The van der Waals surface area contributed by atoms with Crippen molar-refractivity contribution in [2.24, 2.45) is 4.99 Å². The van der Waals surface area contributed by atoms with Gasteiger partial charge in [-0.1, -0.05) is 60.1 Å². The molecule has 0 aliphatic carbocycles. The fourth-order valence-electron chi connectivity index (χ4n) is 2.58. The van der Waals surface area contributed by atoms with Crippen LogP contribution in [0.1, 0.15) is 16.7 Å². The maximum Gasteiger partial charge on any atom is 0.191 e. The van der Waals surface area contributed by atoms with Crippen LogP contribution in [-0.4, -0.2) is 22.8 Å². The Morgan fingerprint density at radius 1 is 1.00 bits per heavy atom. The lowest BCUT2D eigenvalue weighted by Crippen LogP contribution is -2.36. The van der Waals surface area contributed by atoms with E-state index in [0.717, 1.165) is 28.7 Å². The van der Waals surface area contributed by atoms with Gasteiger partial charge in [0.1, 0.15) is 0 Å². The second-order valence-electron chi connectivity index (χ2n) is 5.90. The fourth-order valence-corrected chi connectivity index (χ4v) is 2.78. The van der Waals surface area contributed by atoms with Crippen LogP contribution in [0.3, 0.4) is 0 Å². The van der Waals surface area contributed by atoms with Crippen molar-refractivity contribution in [2.45, 2.75) is 19.6 Å². The molecule has 1 aromatic heterocycles. The maximum absolute atomic E-state index is 6.18. The van der Waals surface area contributed by atoms with Gasteiger partial charge in [0.15, 0.2) is 5.96 Å². The molecule has 6 heteroatoms. The Hall–Kier alpha value is -2.79. The molecule has 2 aromatic carbocycles. The van der Waals surface area contributed by atoms with Crippen molar-refractivity contribution in [1.82, 2.24) is 20.4 Å². The van der Waals surface area contributed by atoms with E-state index in [4.69, 9.17) is 11.6 Å². The summed E-state index contributed by atoms with van der Waals surface area (Å²) in [5.41, 5.74) is 3.36. The highest BCUT2D eigenvalue weighted by Gasteiger charge is 2.04. The van der Waals surface area contributed by atoms with Gasteiger partial charge in [-0.2, -0.15) is 5.10 Å². The van der Waals surface area contributed by atoms with Crippen LogP contribution in [0, 0.1) is 0 Å². The van der Waals surface area contributed by atoms with Crippen molar-refractivity contribution in [1.29, 1.82) is 0 Å². The van der Waals surface area contributed by atoms with Crippen LogP contribution in [0.2, 0.25) is 5.02 Å². The van der Waals surface area contributed by atoms with Gasteiger partial charge in [-0.25, -0.2) is 0 Å². The Balaban J connectivity index is 1.50. The van der Waals surface area contributed by atoms with Crippen molar-refractivity contribution in [3.05, 3.63) is 88.7 Å². The summed E-state index contributed by atoms with van der Waals surface area (Å²) < 4.78 is 1.94. The Labute approximate surface area is 158 Å². The van der Waals surface area contributed by atoms with Crippen LogP contribution in [0.25, 0.3) is 0 Å². The van der Waals surface area contributed by atoms with Crippen LogP contribution < -0.4 is 10.6 Å². The number of benzene rings is 2. The predicted octanol–water partition coefficient (Wildman–Crippen LogP) is 3.45. The molecule has 0 saturated heterocycles. The first-order chi connectivity index (χ1) is 12.7. The molecular weight excluding hydrogens is 346 g/mol. The zero-order chi connectivity index (χ0) is 18.2. The Bertz CT molecular complexity index is 857. The van der Waals surface area contributed by atoms with Crippen molar-refractivity contribution >= 4 is 17.6 Å². The third-order valence-electron chi connectivity index (χ3n) is 3.96. The van der Waals surface area contributed by atoms with E-state index >= 15 is 0 Å². The summed E-state index contributed by atoms with van der Waals surface area (Å²) in [6, 6.07) is 18.1. The normalized spacial score (nSPS) is 11.4. The number of hydrogen-bond acceptors (Lipinski definition) is 2. The molecule has 0 aliphatic rings. The molecule has 26 heavy (non-hydrogen) atoms. The van der Waals surface area contributed by atoms with Crippen LogP contribution in [0.5, 0.6) is 0 Å². The van der Waals surface area contributed by atoms with Gasteiger partial charge in [-0.15, -0.1) is 0 Å². The Morgan fingerprint density at radius 3 is 2.50 bits per heavy atom. The van der Waals surface area contributed by atoms with E-state index in [1.54, 1.807) is 7.05 Å². The van der Waals surface area contributed by atoms with Gasteiger partial charge in [-0.3, -0.25) is 9.67 Å². The van der Waals surface area contributed by atoms with Gasteiger partial charge in [0, 0.05) is 36.9 Å². The highest BCUT2D eigenvalue weighted by atomic mass is 35.5. The average molecular weight is 368 g/mol. The topological polar surface area (TPSA) is 54.2 Å². The van der Waals surface area contributed by atoms with Gasteiger partial charge >= 0.3 is 0 Å². The van der Waals surface area contributed by atoms with Gasteiger partial charge < -0.3 is 10.6 Å². The molecule has 0 radical (unpaired) electrons. The molecule has 134 valence electrons. The van der Waals surface area contributed by atoms with E-state index in [9.17, 15) is 0 Å². The number of nitrogens with zero attached hydrogens (tertiary/aromatic N) is 3. The second kappa shape index (κ2) is 9.06.